The van der Waals surface area contributed by atoms with Crippen molar-refractivity contribution < 1.29 is 4.79 Å². The molecule has 0 unspecified atom stereocenters. The first kappa shape index (κ1) is 20.4. The summed E-state index contributed by atoms with van der Waals surface area (Å²) >= 11 is 10.1. The van der Waals surface area contributed by atoms with E-state index in [0.29, 0.717) is 41.6 Å². The molecule has 0 radical (unpaired) electrons. The molecule has 1 aliphatic heterocycles. The number of rotatable bonds is 3. The zero-order valence-corrected chi connectivity index (χ0v) is 19.6. The van der Waals surface area contributed by atoms with Gasteiger partial charge in [0.05, 0.1) is 25.2 Å². The Hall–Kier alpha value is -2.46. The second kappa shape index (κ2) is 7.90. The van der Waals surface area contributed by atoms with Crippen molar-refractivity contribution in [3.05, 3.63) is 72.0 Å². The highest BCUT2D eigenvalue weighted by molar-refractivity contribution is 7.99. The van der Waals surface area contributed by atoms with Gasteiger partial charge in [-0.15, -0.1) is 22.7 Å². The molecule has 5 rings (SSSR count). The molecule has 4 heterocycles. The number of thiophene rings is 2. The summed E-state index contributed by atoms with van der Waals surface area (Å²) in [5, 5.41) is 8.39. The third-order valence-electron chi connectivity index (χ3n) is 4.84. The standard InChI is InChI=1S/C21H15ClN4O2S3/c1-10-3-5-12(6-4-10)23-18(27)17-11(2)16-19(31-17)24-21-26(20(16)28)25-13(9-29-21)14-7-8-15(22)30-14/h3-8H,9H2,1-2H3,(H,23,27). The maximum atomic E-state index is 13.3. The molecule has 1 N–H and O–H groups in total. The third kappa shape index (κ3) is 3.71. The van der Waals surface area contributed by atoms with Gasteiger partial charge in [0.15, 0.2) is 5.16 Å². The van der Waals surface area contributed by atoms with E-state index >= 15 is 0 Å². The Morgan fingerprint density at radius 2 is 1.90 bits per heavy atom. The number of hydrogen-bond donors (Lipinski definition) is 1. The SMILES string of the molecule is Cc1ccc(NC(=O)c2sc3nc4n(c(=O)c3c2C)N=C(c2ccc(Cl)s2)CS4)cc1. The first-order valence-corrected chi connectivity index (χ1v) is 12.3. The minimum atomic E-state index is -0.268. The number of hydrogen-bond acceptors (Lipinski definition) is 7. The van der Waals surface area contributed by atoms with Crippen molar-refractivity contribution in [2.45, 2.75) is 19.0 Å². The highest BCUT2D eigenvalue weighted by Gasteiger charge is 2.24. The minimum Gasteiger partial charge on any atom is -0.321 e. The number of fused-ring (bicyclic) bond motifs is 2. The Bertz CT molecular complexity index is 1430. The number of benzene rings is 1. The van der Waals surface area contributed by atoms with Crippen LogP contribution in [0.1, 0.15) is 25.7 Å². The normalized spacial score (nSPS) is 13.2. The van der Waals surface area contributed by atoms with Gasteiger partial charge in [0.2, 0.25) is 0 Å². The molecule has 3 aromatic heterocycles. The molecule has 0 fully saturated rings. The monoisotopic (exact) mass is 486 g/mol. The maximum absolute atomic E-state index is 13.3. The summed E-state index contributed by atoms with van der Waals surface area (Å²) in [6.07, 6.45) is 0. The number of carbonyl (C=O) groups is 1. The summed E-state index contributed by atoms with van der Waals surface area (Å²) in [4.78, 5) is 32.7. The van der Waals surface area contributed by atoms with Crippen LogP contribution in [0.25, 0.3) is 10.2 Å². The topological polar surface area (TPSA) is 76.3 Å². The second-order valence-corrected chi connectivity index (χ2v) is 10.7. The zero-order chi connectivity index (χ0) is 21.7. The number of aromatic nitrogens is 2. The second-order valence-electron chi connectivity index (χ2n) is 7.01. The highest BCUT2D eigenvalue weighted by atomic mass is 35.5. The summed E-state index contributed by atoms with van der Waals surface area (Å²) in [6.45, 7) is 3.76. The van der Waals surface area contributed by atoms with E-state index in [-0.39, 0.29) is 11.5 Å². The van der Waals surface area contributed by atoms with Crippen LogP contribution in [0.3, 0.4) is 0 Å². The van der Waals surface area contributed by atoms with Crippen molar-refractivity contribution in [3.63, 3.8) is 0 Å². The molecule has 0 bridgehead atoms. The van der Waals surface area contributed by atoms with Gasteiger partial charge >= 0.3 is 0 Å². The number of thioether (sulfide) groups is 1. The lowest BCUT2D eigenvalue weighted by molar-refractivity contribution is 0.103. The fraction of sp³-hybridized carbons (Fsp3) is 0.143. The van der Waals surface area contributed by atoms with Gasteiger partial charge in [0, 0.05) is 11.4 Å². The van der Waals surface area contributed by atoms with Crippen LogP contribution >= 0.6 is 46.0 Å². The first-order chi connectivity index (χ1) is 14.9. The Morgan fingerprint density at radius 3 is 2.61 bits per heavy atom. The molecule has 31 heavy (non-hydrogen) atoms. The lowest BCUT2D eigenvalue weighted by Crippen LogP contribution is -2.25. The summed E-state index contributed by atoms with van der Waals surface area (Å²) in [6, 6.07) is 11.3. The first-order valence-electron chi connectivity index (χ1n) is 9.31. The van der Waals surface area contributed by atoms with Crippen LogP contribution in [-0.4, -0.2) is 27.0 Å². The number of nitrogens with one attached hydrogen (secondary N) is 1. The van der Waals surface area contributed by atoms with Gasteiger partial charge in [-0.2, -0.15) is 9.78 Å². The largest absolute Gasteiger partial charge is 0.321 e. The van der Waals surface area contributed by atoms with Crippen molar-refractivity contribution >= 4 is 73.6 Å². The number of halogens is 1. The lowest BCUT2D eigenvalue weighted by Gasteiger charge is -2.14. The fourth-order valence-corrected chi connectivity index (χ4v) is 6.37. The van der Waals surface area contributed by atoms with Crippen LogP contribution in [0.15, 0.2) is 51.5 Å². The quantitative estimate of drug-likeness (QED) is 0.393. The number of carbonyl (C=O) groups excluding carboxylic acids is 1. The molecule has 6 nitrogen and oxygen atoms in total. The molecule has 1 aliphatic rings. The van der Waals surface area contributed by atoms with Gasteiger partial charge in [0.1, 0.15) is 4.83 Å². The van der Waals surface area contributed by atoms with E-state index < -0.39 is 0 Å². The van der Waals surface area contributed by atoms with Crippen molar-refractivity contribution in [3.8, 4) is 0 Å². The van der Waals surface area contributed by atoms with E-state index in [2.05, 4.69) is 15.4 Å². The lowest BCUT2D eigenvalue weighted by atomic mass is 10.2. The number of nitrogens with zero attached hydrogens (tertiary/aromatic N) is 3. The number of anilines is 1. The number of aryl methyl sites for hydroxylation is 2. The smallest absolute Gasteiger partial charge is 0.283 e. The van der Waals surface area contributed by atoms with E-state index in [9.17, 15) is 9.59 Å². The molecule has 0 aliphatic carbocycles. The Morgan fingerprint density at radius 1 is 1.13 bits per heavy atom. The maximum Gasteiger partial charge on any atom is 0.283 e. The molecular formula is C21H15ClN4O2S3. The number of amides is 1. The van der Waals surface area contributed by atoms with Crippen LogP contribution in [0.5, 0.6) is 0 Å². The van der Waals surface area contributed by atoms with Crippen LogP contribution in [0.4, 0.5) is 5.69 Å². The minimum absolute atomic E-state index is 0.253. The Balaban J connectivity index is 1.56. The summed E-state index contributed by atoms with van der Waals surface area (Å²) in [5.41, 5.74) is 2.94. The zero-order valence-electron chi connectivity index (χ0n) is 16.4. The molecular weight excluding hydrogens is 472 g/mol. The van der Waals surface area contributed by atoms with E-state index in [4.69, 9.17) is 11.6 Å². The molecule has 0 atom stereocenters. The van der Waals surface area contributed by atoms with E-state index in [1.54, 1.807) is 6.92 Å². The van der Waals surface area contributed by atoms with Gasteiger partial charge in [-0.1, -0.05) is 41.1 Å². The summed E-state index contributed by atoms with van der Waals surface area (Å²) in [7, 11) is 0. The predicted octanol–water partition coefficient (Wildman–Crippen LogP) is 5.40. The molecule has 4 aromatic rings. The fourth-order valence-electron chi connectivity index (χ4n) is 3.25. The molecule has 1 amide bonds. The summed E-state index contributed by atoms with van der Waals surface area (Å²) < 4.78 is 2.01. The van der Waals surface area contributed by atoms with Gasteiger partial charge in [-0.05, 0) is 43.7 Å². The van der Waals surface area contributed by atoms with Crippen LogP contribution in [0, 0.1) is 13.8 Å². The van der Waals surface area contributed by atoms with Crippen molar-refractivity contribution in [2.24, 2.45) is 5.10 Å². The molecule has 0 spiro atoms. The third-order valence-corrected chi connectivity index (χ3v) is 8.25. The average Bonchev–Trinajstić information content (AvgIpc) is 3.33. The van der Waals surface area contributed by atoms with Crippen molar-refractivity contribution in [1.29, 1.82) is 0 Å². The summed E-state index contributed by atoms with van der Waals surface area (Å²) in [5.74, 6) is 0.344. The molecule has 156 valence electrons. The highest BCUT2D eigenvalue weighted by Crippen LogP contribution is 2.32. The van der Waals surface area contributed by atoms with E-state index in [1.807, 2.05) is 43.3 Å². The Labute approximate surface area is 194 Å². The van der Waals surface area contributed by atoms with Gasteiger partial charge in [0.25, 0.3) is 11.5 Å². The van der Waals surface area contributed by atoms with E-state index in [1.165, 1.54) is 39.1 Å². The van der Waals surface area contributed by atoms with Crippen LogP contribution in [-0.2, 0) is 0 Å². The van der Waals surface area contributed by atoms with Gasteiger partial charge < -0.3 is 5.32 Å². The van der Waals surface area contributed by atoms with Crippen LogP contribution < -0.4 is 10.9 Å². The van der Waals surface area contributed by atoms with Gasteiger partial charge in [-0.25, -0.2) is 4.98 Å². The van der Waals surface area contributed by atoms with Crippen LogP contribution in [0.2, 0.25) is 4.34 Å². The molecule has 0 saturated heterocycles. The molecule has 0 saturated carbocycles. The van der Waals surface area contributed by atoms with Crippen molar-refractivity contribution in [1.82, 2.24) is 9.66 Å². The average molecular weight is 487 g/mol. The Kier molecular flexibility index (Phi) is 5.21. The molecule has 10 heteroatoms. The molecule has 1 aromatic carbocycles. The predicted molar refractivity (Wildman–Crippen MR) is 130 cm³/mol. The van der Waals surface area contributed by atoms with Crippen molar-refractivity contribution in [2.75, 3.05) is 11.1 Å². The van der Waals surface area contributed by atoms with E-state index in [0.717, 1.165) is 16.2 Å². The van der Waals surface area contributed by atoms with Gasteiger partial charge in [-0.3, -0.25) is 9.59 Å².